The van der Waals surface area contributed by atoms with Crippen molar-refractivity contribution in [2.24, 2.45) is 11.8 Å². The number of carbonyl (C=O) groups is 1. The lowest BCUT2D eigenvalue weighted by Gasteiger charge is -2.41. The minimum Gasteiger partial charge on any atom is -0.388 e. The normalized spacial score (nSPS) is 22.3. The number of hydrogen-bond donors (Lipinski definition) is 2. The van der Waals surface area contributed by atoms with Gasteiger partial charge in [0, 0.05) is 44.2 Å². The van der Waals surface area contributed by atoms with Gasteiger partial charge in [0.05, 0.1) is 17.5 Å². The zero-order valence-corrected chi connectivity index (χ0v) is 21.3. The van der Waals surface area contributed by atoms with Crippen molar-refractivity contribution < 1.29 is 9.90 Å². The summed E-state index contributed by atoms with van der Waals surface area (Å²) in [5.41, 5.74) is 0.715. The van der Waals surface area contributed by atoms with Crippen molar-refractivity contribution in [2.45, 2.75) is 57.7 Å². The lowest BCUT2D eigenvalue weighted by Crippen LogP contribution is -2.52. The number of nitrogens with one attached hydrogen (secondary N) is 1. The largest absolute Gasteiger partial charge is 0.388 e. The third kappa shape index (κ3) is 4.97. The van der Waals surface area contributed by atoms with Crippen molar-refractivity contribution in [3.05, 3.63) is 64.8 Å². The first kappa shape index (κ1) is 24.7. The Morgan fingerprint density at radius 2 is 1.92 bits per heavy atom. The number of likely N-dealkylation sites (tertiary alicyclic amines) is 1. The number of piperidine rings is 2. The molecule has 2 aromatic heterocycles. The molecule has 4 heterocycles. The lowest BCUT2D eigenvalue weighted by atomic mass is 9.80. The van der Waals surface area contributed by atoms with Gasteiger partial charge >= 0.3 is 0 Å². The van der Waals surface area contributed by atoms with Crippen molar-refractivity contribution in [1.82, 2.24) is 24.3 Å². The molecule has 0 saturated carbocycles. The van der Waals surface area contributed by atoms with Crippen LogP contribution in [0.25, 0.3) is 11.0 Å². The highest BCUT2D eigenvalue weighted by molar-refractivity contribution is 5.80. The van der Waals surface area contributed by atoms with Crippen LogP contribution in [-0.4, -0.2) is 61.8 Å². The molecular formula is C28H37N5O3. The van der Waals surface area contributed by atoms with Gasteiger partial charge in [-0.1, -0.05) is 44.2 Å². The molecule has 0 spiro atoms. The molecule has 2 saturated heterocycles. The molecule has 3 aromatic rings. The maximum Gasteiger partial charge on any atom is 0.262 e. The van der Waals surface area contributed by atoms with E-state index >= 15 is 0 Å². The molecule has 2 aliphatic rings. The van der Waals surface area contributed by atoms with Gasteiger partial charge in [-0.05, 0) is 43.4 Å². The average Bonchev–Trinajstić information content (AvgIpc) is 3.29. The smallest absolute Gasteiger partial charge is 0.262 e. The fraction of sp³-hybridized carbons (Fsp3) is 0.536. The predicted octanol–water partition coefficient (Wildman–Crippen LogP) is 2.60. The van der Waals surface area contributed by atoms with E-state index in [4.69, 9.17) is 0 Å². The Labute approximate surface area is 211 Å². The SMILES string of the molecule is CC(C)Cn1ccc2c(=O)n(CC3(O)CCN(C(=O)[C@@H]4CCNC[C@H]4c4ccccc4)CC3)cnc21. The first-order valence-electron chi connectivity index (χ1n) is 13.2. The maximum atomic E-state index is 13.5. The average molecular weight is 492 g/mol. The van der Waals surface area contributed by atoms with Crippen LogP contribution >= 0.6 is 0 Å². The Hall–Kier alpha value is -2.97. The molecule has 192 valence electrons. The van der Waals surface area contributed by atoms with Gasteiger partial charge < -0.3 is 19.9 Å². The van der Waals surface area contributed by atoms with Crippen LogP contribution in [0.2, 0.25) is 0 Å². The molecule has 1 aromatic carbocycles. The number of carbonyl (C=O) groups excluding carboxylic acids is 1. The summed E-state index contributed by atoms with van der Waals surface area (Å²) in [6.45, 7) is 7.89. The van der Waals surface area contributed by atoms with Gasteiger partial charge in [0.15, 0.2) is 0 Å². The molecule has 8 nitrogen and oxygen atoms in total. The van der Waals surface area contributed by atoms with Crippen molar-refractivity contribution >= 4 is 16.9 Å². The highest BCUT2D eigenvalue weighted by atomic mass is 16.3. The number of rotatable bonds is 6. The van der Waals surface area contributed by atoms with Gasteiger partial charge in [-0.25, -0.2) is 4.98 Å². The van der Waals surface area contributed by atoms with Gasteiger partial charge in [-0.2, -0.15) is 0 Å². The molecule has 5 rings (SSSR count). The number of amides is 1. The van der Waals surface area contributed by atoms with E-state index in [1.807, 2.05) is 39.9 Å². The van der Waals surface area contributed by atoms with Crippen LogP contribution in [0.3, 0.4) is 0 Å². The first-order chi connectivity index (χ1) is 17.3. The van der Waals surface area contributed by atoms with Crippen LogP contribution in [0, 0.1) is 11.8 Å². The standard InChI is InChI=1S/C28H37N5O3/c1-20(2)17-32-13-9-23-25(32)30-19-33(27(23)35)18-28(36)10-14-31(15-11-28)26(34)22-8-12-29-16-24(22)21-6-4-3-5-7-21/h3-7,9,13,19-20,22,24,29,36H,8,10-12,14-18H2,1-2H3/t22-,24+/m1/s1. The quantitative estimate of drug-likeness (QED) is 0.553. The van der Waals surface area contributed by atoms with E-state index < -0.39 is 5.60 Å². The molecule has 2 aliphatic heterocycles. The Kier molecular flexibility index (Phi) is 6.99. The van der Waals surface area contributed by atoms with E-state index in [-0.39, 0.29) is 29.8 Å². The zero-order chi connectivity index (χ0) is 25.3. The van der Waals surface area contributed by atoms with Crippen molar-refractivity contribution in [2.75, 3.05) is 26.2 Å². The van der Waals surface area contributed by atoms with E-state index in [9.17, 15) is 14.7 Å². The van der Waals surface area contributed by atoms with Gasteiger partial charge in [0.25, 0.3) is 5.56 Å². The fourth-order valence-corrected chi connectivity index (χ4v) is 5.82. The highest BCUT2D eigenvalue weighted by Gasteiger charge is 2.39. The molecule has 2 fully saturated rings. The van der Waals surface area contributed by atoms with E-state index in [1.165, 1.54) is 10.1 Å². The number of nitrogens with zero attached hydrogens (tertiary/aromatic N) is 4. The number of hydrogen-bond acceptors (Lipinski definition) is 5. The molecule has 0 aliphatic carbocycles. The van der Waals surface area contributed by atoms with Crippen LogP contribution in [-0.2, 0) is 17.9 Å². The highest BCUT2D eigenvalue weighted by Crippen LogP contribution is 2.33. The Balaban J connectivity index is 1.26. The summed E-state index contributed by atoms with van der Waals surface area (Å²) >= 11 is 0. The van der Waals surface area contributed by atoms with E-state index in [1.54, 1.807) is 6.33 Å². The summed E-state index contributed by atoms with van der Waals surface area (Å²) < 4.78 is 3.53. The van der Waals surface area contributed by atoms with Crippen LogP contribution in [0.5, 0.6) is 0 Å². The minimum absolute atomic E-state index is 0.0519. The monoisotopic (exact) mass is 491 g/mol. The number of aromatic nitrogens is 3. The molecule has 0 bridgehead atoms. The minimum atomic E-state index is -1.04. The lowest BCUT2D eigenvalue weighted by molar-refractivity contribution is -0.141. The maximum absolute atomic E-state index is 13.5. The molecule has 2 N–H and O–H groups in total. The number of aliphatic hydroxyl groups is 1. The molecule has 0 radical (unpaired) electrons. The summed E-state index contributed by atoms with van der Waals surface area (Å²) in [5, 5.41) is 15.4. The summed E-state index contributed by atoms with van der Waals surface area (Å²) in [4.78, 5) is 33.1. The Morgan fingerprint density at radius 3 is 2.64 bits per heavy atom. The fourth-order valence-electron chi connectivity index (χ4n) is 5.82. The second-order valence-corrected chi connectivity index (χ2v) is 10.9. The van der Waals surface area contributed by atoms with Crippen molar-refractivity contribution in [3.63, 3.8) is 0 Å². The van der Waals surface area contributed by atoms with Gasteiger partial charge in [0.1, 0.15) is 12.0 Å². The van der Waals surface area contributed by atoms with E-state index in [2.05, 4.69) is 36.3 Å². The molecular weight excluding hydrogens is 454 g/mol. The third-order valence-corrected chi connectivity index (χ3v) is 7.80. The predicted molar refractivity (Wildman–Crippen MR) is 140 cm³/mol. The van der Waals surface area contributed by atoms with Crippen molar-refractivity contribution in [1.29, 1.82) is 0 Å². The summed E-state index contributed by atoms with van der Waals surface area (Å²) in [6.07, 6.45) is 5.16. The first-order valence-corrected chi connectivity index (χ1v) is 13.2. The van der Waals surface area contributed by atoms with Crippen LogP contribution < -0.4 is 10.9 Å². The second kappa shape index (κ2) is 10.2. The topological polar surface area (TPSA) is 92.4 Å². The van der Waals surface area contributed by atoms with Crippen LogP contribution in [0.15, 0.2) is 53.7 Å². The third-order valence-electron chi connectivity index (χ3n) is 7.80. The molecule has 2 atom stereocenters. The van der Waals surface area contributed by atoms with Gasteiger partial charge in [0.2, 0.25) is 5.91 Å². The summed E-state index contributed by atoms with van der Waals surface area (Å²) in [7, 11) is 0. The second-order valence-electron chi connectivity index (χ2n) is 10.9. The van der Waals surface area contributed by atoms with Gasteiger partial charge in [-0.15, -0.1) is 0 Å². The Morgan fingerprint density at radius 1 is 1.17 bits per heavy atom. The van der Waals surface area contributed by atoms with E-state index in [0.29, 0.717) is 42.9 Å². The number of fused-ring (bicyclic) bond motifs is 1. The summed E-state index contributed by atoms with van der Waals surface area (Å²) in [5.74, 6) is 0.738. The van der Waals surface area contributed by atoms with Crippen molar-refractivity contribution in [3.8, 4) is 0 Å². The van der Waals surface area contributed by atoms with E-state index in [0.717, 1.165) is 26.1 Å². The molecule has 0 unspecified atom stereocenters. The molecule has 36 heavy (non-hydrogen) atoms. The summed E-state index contributed by atoms with van der Waals surface area (Å²) in [6, 6.07) is 12.1. The Bertz CT molecular complexity index is 1260. The van der Waals surface area contributed by atoms with Crippen LogP contribution in [0.4, 0.5) is 0 Å². The molecule has 1 amide bonds. The van der Waals surface area contributed by atoms with Crippen LogP contribution in [0.1, 0.15) is 44.6 Å². The zero-order valence-electron chi connectivity index (χ0n) is 21.3. The van der Waals surface area contributed by atoms with Gasteiger partial charge in [-0.3, -0.25) is 14.2 Å². The number of benzene rings is 1. The molecule has 8 heteroatoms.